The van der Waals surface area contributed by atoms with E-state index in [2.05, 4.69) is 23.7 Å². The number of hydrogen-bond donors (Lipinski definition) is 2. The number of carbonyl (C=O) groups is 2. The van der Waals surface area contributed by atoms with Crippen molar-refractivity contribution in [3.05, 3.63) is 113 Å². The quantitative estimate of drug-likeness (QED) is 0.417. The zero-order valence-electron chi connectivity index (χ0n) is 19.4. The fourth-order valence-corrected chi connectivity index (χ4v) is 3.53. The van der Waals surface area contributed by atoms with E-state index in [9.17, 15) is 9.59 Å². The lowest BCUT2D eigenvalue weighted by atomic mass is 9.92. The van der Waals surface area contributed by atoms with Gasteiger partial charge >= 0.3 is 5.97 Å². The third-order valence-corrected chi connectivity index (χ3v) is 5.49. The highest BCUT2D eigenvalue weighted by Gasteiger charge is 2.28. The molecule has 2 atom stereocenters. The summed E-state index contributed by atoms with van der Waals surface area (Å²) in [6.45, 7) is 5.56. The van der Waals surface area contributed by atoms with Crippen molar-refractivity contribution in [2.75, 3.05) is 7.11 Å². The number of nitrogens with two attached hydrogens (primary N) is 1. The summed E-state index contributed by atoms with van der Waals surface area (Å²) in [6, 6.07) is 23.8. The molecule has 2 unspecified atom stereocenters. The lowest BCUT2D eigenvalue weighted by molar-refractivity contribution is -0.146. The smallest absolute Gasteiger partial charge is 0.311 e. The Labute approximate surface area is 200 Å². The van der Waals surface area contributed by atoms with Crippen LogP contribution in [0.15, 0.2) is 85.4 Å². The van der Waals surface area contributed by atoms with Gasteiger partial charge in [0.05, 0.1) is 13.0 Å². The van der Waals surface area contributed by atoms with Gasteiger partial charge in [-0.05, 0) is 66.9 Å². The molecule has 172 valence electrons. The molecular weight excluding hydrogens is 424 g/mol. The summed E-state index contributed by atoms with van der Waals surface area (Å²) in [5.41, 5.74) is 10.2. The molecule has 0 saturated heterocycles. The number of methoxy groups -OCH3 is 1. The van der Waals surface area contributed by atoms with Crippen LogP contribution >= 0.6 is 0 Å². The first kappa shape index (κ1) is 24.3. The molecule has 3 rings (SSSR count). The van der Waals surface area contributed by atoms with Crippen LogP contribution in [-0.2, 0) is 16.0 Å². The van der Waals surface area contributed by atoms with Gasteiger partial charge in [0.15, 0.2) is 0 Å². The number of ether oxygens (including phenoxy) is 1. The van der Waals surface area contributed by atoms with Gasteiger partial charge in [-0.15, -0.1) is 0 Å². The lowest BCUT2D eigenvalue weighted by Gasteiger charge is -2.23. The van der Waals surface area contributed by atoms with Gasteiger partial charge in [0, 0.05) is 28.4 Å². The molecule has 0 spiro atoms. The number of amides is 1. The van der Waals surface area contributed by atoms with E-state index in [-0.39, 0.29) is 5.91 Å². The van der Waals surface area contributed by atoms with Gasteiger partial charge in [0.1, 0.15) is 0 Å². The largest absolute Gasteiger partial charge is 0.469 e. The van der Waals surface area contributed by atoms with Gasteiger partial charge in [0.2, 0.25) is 0 Å². The molecular formula is C29H28N2O3. The maximum atomic E-state index is 12.8. The Morgan fingerprint density at radius 3 is 2.21 bits per heavy atom. The van der Waals surface area contributed by atoms with E-state index >= 15 is 0 Å². The Bertz CT molecular complexity index is 1220. The van der Waals surface area contributed by atoms with Crippen molar-refractivity contribution in [1.82, 2.24) is 5.32 Å². The molecule has 5 nitrogen and oxygen atoms in total. The molecule has 0 bridgehead atoms. The second-order valence-electron chi connectivity index (χ2n) is 8.01. The fraction of sp³-hybridized carbons (Fsp3) is 0.172. The lowest BCUT2D eigenvalue weighted by Crippen LogP contribution is -2.42. The minimum atomic E-state index is -0.564. The zero-order valence-corrected chi connectivity index (χ0v) is 19.4. The first-order valence-electron chi connectivity index (χ1n) is 11.0. The molecule has 3 aromatic rings. The van der Waals surface area contributed by atoms with Crippen LogP contribution in [0.4, 0.5) is 0 Å². The van der Waals surface area contributed by atoms with Gasteiger partial charge in [0.25, 0.3) is 5.91 Å². The predicted octanol–water partition coefficient (Wildman–Crippen LogP) is 4.17. The molecule has 34 heavy (non-hydrogen) atoms. The third-order valence-electron chi connectivity index (χ3n) is 5.49. The van der Waals surface area contributed by atoms with Gasteiger partial charge in [-0.25, -0.2) is 0 Å². The fourth-order valence-electron chi connectivity index (χ4n) is 3.53. The van der Waals surface area contributed by atoms with E-state index in [0.717, 1.165) is 22.3 Å². The van der Waals surface area contributed by atoms with Gasteiger partial charge in [-0.2, -0.15) is 0 Å². The summed E-state index contributed by atoms with van der Waals surface area (Å²) < 4.78 is 5.00. The average Bonchev–Trinajstić information content (AvgIpc) is 2.86. The number of benzene rings is 3. The van der Waals surface area contributed by atoms with Crippen LogP contribution in [0.2, 0.25) is 0 Å². The number of carbonyl (C=O) groups excluding carboxylic acids is 2. The van der Waals surface area contributed by atoms with Gasteiger partial charge in [-0.3, -0.25) is 9.59 Å². The van der Waals surface area contributed by atoms with Crippen LogP contribution in [0.5, 0.6) is 0 Å². The maximum absolute atomic E-state index is 12.8. The number of hydrogen-bond acceptors (Lipinski definition) is 4. The van der Waals surface area contributed by atoms with Crippen LogP contribution in [-0.4, -0.2) is 25.0 Å². The van der Waals surface area contributed by atoms with Crippen LogP contribution in [0.1, 0.15) is 39.5 Å². The summed E-state index contributed by atoms with van der Waals surface area (Å²) in [5, 5.41) is 2.93. The first-order chi connectivity index (χ1) is 16.4. The van der Waals surface area contributed by atoms with Gasteiger partial charge < -0.3 is 15.8 Å². The number of esters is 1. The molecule has 0 aromatic heterocycles. The Hall–Kier alpha value is -4.30. The minimum Gasteiger partial charge on any atom is -0.469 e. The van der Waals surface area contributed by atoms with Crippen molar-refractivity contribution >= 4 is 17.6 Å². The Kier molecular flexibility index (Phi) is 8.26. The minimum absolute atomic E-state index is 0.270. The molecule has 0 heterocycles. The monoisotopic (exact) mass is 452 g/mol. The van der Waals surface area contributed by atoms with Crippen molar-refractivity contribution < 1.29 is 14.3 Å². The van der Waals surface area contributed by atoms with E-state index < -0.39 is 17.9 Å². The Morgan fingerprint density at radius 1 is 0.941 bits per heavy atom. The summed E-state index contributed by atoms with van der Waals surface area (Å²) in [5.74, 6) is 4.96. The van der Waals surface area contributed by atoms with Gasteiger partial charge in [-0.1, -0.05) is 54.8 Å². The molecule has 0 fully saturated rings. The summed E-state index contributed by atoms with van der Waals surface area (Å²) in [4.78, 5) is 25.3. The normalized spacial score (nSPS) is 11.9. The van der Waals surface area contributed by atoms with E-state index in [1.165, 1.54) is 7.11 Å². The molecule has 0 aliphatic rings. The van der Waals surface area contributed by atoms with E-state index in [1.807, 2.05) is 54.6 Å². The third kappa shape index (κ3) is 6.60. The molecule has 0 radical (unpaired) electrons. The van der Waals surface area contributed by atoms with Crippen molar-refractivity contribution in [2.45, 2.75) is 19.4 Å². The standard InChI is InChI=1S/C29H28N2O3/c1-20(30)26-11-7-10-24(18-26)19-27(29(33)34-3)21(2)31-28(32)25-16-14-23(15-17-25)13-12-22-8-5-4-6-9-22/h4-11,14-18,21,27H,1,19,30H2,2-3H3,(H,31,32). The molecule has 5 heteroatoms. The molecule has 0 aliphatic carbocycles. The topological polar surface area (TPSA) is 81.4 Å². The SMILES string of the molecule is C=C(N)c1cccc(CC(C(=O)OC)C(C)NC(=O)c2ccc(C#Cc3ccccc3)cc2)c1. The van der Waals surface area contributed by atoms with Crippen molar-refractivity contribution in [3.63, 3.8) is 0 Å². The Morgan fingerprint density at radius 2 is 1.59 bits per heavy atom. The van der Waals surface area contributed by atoms with Crippen molar-refractivity contribution in [1.29, 1.82) is 0 Å². The van der Waals surface area contributed by atoms with E-state index in [4.69, 9.17) is 10.5 Å². The van der Waals surface area contributed by atoms with E-state index in [0.29, 0.717) is 17.7 Å². The first-order valence-corrected chi connectivity index (χ1v) is 11.0. The second kappa shape index (κ2) is 11.5. The highest BCUT2D eigenvalue weighted by atomic mass is 16.5. The van der Waals surface area contributed by atoms with Crippen LogP contribution in [0.25, 0.3) is 5.70 Å². The van der Waals surface area contributed by atoms with Crippen LogP contribution in [0, 0.1) is 17.8 Å². The second-order valence-corrected chi connectivity index (χ2v) is 8.01. The summed E-state index contributed by atoms with van der Waals surface area (Å²) >= 11 is 0. The van der Waals surface area contributed by atoms with E-state index in [1.54, 1.807) is 31.2 Å². The number of rotatable bonds is 7. The molecule has 0 saturated carbocycles. The predicted molar refractivity (Wildman–Crippen MR) is 135 cm³/mol. The summed E-state index contributed by atoms with van der Waals surface area (Å²) in [7, 11) is 1.34. The average molecular weight is 453 g/mol. The highest BCUT2D eigenvalue weighted by molar-refractivity contribution is 5.94. The highest BCUT2D eigenvalue weighted by Crippen LogP contribution is 2.18. The molecule has 3 aromatic carbocycles. The maximum Gasteiger partial charge on any atom is 0.311 e. The van der Waals surface area contributed by atoms with Crippen molar-refractivity contribution in [3.8, 4) is 11.8 Å². The van der Waals surface area contributed by atoms with Crippen molar-refractivity contribution in [2.24, 2.45) is 11.7 Å². The molecule has 3 N–H and O–H groups in total. The van der Waals surface area contributed by atoms with Crippen LogP contribution < -0.4 is 11.1 Å². The summed E-state index contributed by atoms with van der Waals surface area (Å²) in [6.07, 6.45) is 0.392. The van der Waals surface area contributed by atoms with Crippen LogP contribution in [0.3, 0.4) is 0 Å². The Balaban J connectivity index is 1.69. The number of nitrogens with one attached hydrogen (secondary N) is 1. The zero-order chi connectivity index (χ0) is 24.5. The molecule has 1 amide bonds. The molecule has 0 aliphatic heterocycles.